The van der Waals surface area contributed by atoms with E-state index in [1.54, 1.807) is 14.2 Å². The lowest BCUT2D eigenvalue weighted by Crippen LogP contribution is -2.29. The van der Waals surface area contributed by atoms with Gasteiger partial charge in [0.25, 0.3) is 0 Å². The molecule has 0 heterocycles. The van der Waals surface area contributed by atoms with Crippen LogP contribution in [0.4, 0.5) is 0 Å². The lowest BCUT2D eigenvalue weighted by molar-refractivity contribution is 0.181. The SMILES string of the molecule is COCc1cc(C(C)NC(C)CCO)ccc1OC. The quantitative estimate of drug-likeness (QED) is 0.758. The molecule has 0 aliphatic rings. The highest BCUT2D eigenvalue weighted by Gasteiger charge is 2.11. The van der Waals surface area contributed by atoms with E-state index in [9.17, 15) is 0 Å². The van der Waals surface area contributed by atoms with E-state index in [4.69, 9.17) is 14.6 Å². The fraction of sp³-hybridized carbons (Fsp3) is 0.600. The Morgan fingerprint density at radius 3 is 2.58 bits per heavy atom. The van der Waals surface area contributed by atoms with Gasteiger partial charge in [0.15, 0.2) is 0 Å². The number of benzene rings is 1. The molecule has 1 rings (SSSR count). The molecule has 1 aromatic carbocycles. The van der Waals surface area contributed by atoms with Crippen LogP contribution in [0.25, 0.3) is 0 Å². The summed E-state index contributed by atoms with van der Waals surface area (Å²) in [5, 5.41) is 12.4. The maximum atomic E-state index is 8.93. The minimum atomic E-state index is 0.207. The third-order valence-corrected chi connectivity index (χ3v) is 3.20. The zero-order valence-corrected chi connectivity index (χ0v) is 12.3. The normalized spacial score (nSPS) is 14.2. The first-order valence-corrected chi connectivity index (χ1v) is 6.65. The highest BCUT2D eigenvalue weighted by atomic mass is 16.5. The lowest BCUT2D eigenvalue weighted by Gasteiger charge is -2.21. The maximum Gasteiger partial charge on any atom is 0.124 e. The summed E-state index contributed by atoms with van der Waals surface area (Å²) in [5.74, 6) is 0.848. The Kier molecular flexibility index (Phi) is 6.84. The van der Waals surface area contributed by atoms with Gasteiger partial charge in [-0.15, -0.1) is 0 Å². The van der Waals surface area contributed by atoms with E-state index in [1.807, 2.05) is 6.07 Å². The minimum absolute atomic E-state index is 0.207. The van der Waals surface area contributed by atoms with E-state index in [2.05, 4.69) is 31.3 Å². The van der Waals surface area contributed by atoms with Gasteiger partial charge in [-0.05, 0) is 38.0 Å². The van der Waals surface area contributed by atoms with Crippen LogP contribution in [-0.2, 0) is 11.3 Å². The van der Waals surface area contributed by atoms with Crippen LogP contribution in [-0.4, -0.2) is 32.0 Å². The van der Waals surface area contributed by atoms with Gasteiger partial charge in [-0.3, -0.25) is 0 Å². The van der Waals surface area contributed by atoms with Gasteiger partial charge in [-0.25, -0.2) is 0 Å². The van der Waals surface area contributed by atoms with Crippen molar-refractivity contribution in [3.05, 3.63) is 29.3 Å². The van der Waals surface area contributed by atoms with Crippen molar-refractivity contribution in [3.63, 3.8) is 0 Å². The van der Waals surface area contributed by atoms with Crippen LogP contribution in [0.2, 0.25) is 0 Å². The molecular formula is C15H25NO3. The van der Waals surface area contributed by atoms with Crippen LogP contribution >= 0.6 is 0 Å². The molecule has 0 saturated heterocycles. The number of aliphatic hydroxyl groups excluding tert-OH is 1. The van der Waals surface area contributed by atoms with Crippen molar-refractivity contribution in [2.45, 2.75) is 39.0 Å². The zero-order chi connectivity index (χ0) is 14.3. The van der Waals surface area contributed by atoms with Crippen molar-refractivity contribution in [2.75, 3.05) is 20.8 Å². The van der Waals surface area contributed by atoms with Gasteiger partial charge >= 0.3 is 0 Å². The smallest absolute Gasteiger partial charge is 0.124 e. The number of nitrogens with one attached hydrogen (secondary N) is 1. The number of hydrogen-bond acceptors (Lipinski definition) is 4. The van der Waals surface area contributed by atoms with E-state index < -0.39 is 0 Å². The molecule has 2 unspecified atom stereocenters. The topological polar surface area (TPSA) is 50.7 Å². The molecule has 2 atom stereocenters. The van der Waals surface area contributed by atoms with E-state index in [0.29, 0.717) is 6.61 Å². The van der Waals surface area contributed by atoms with Crippen molar-refractivity contribution in [3.8, 4) is 5.75 Å². The van der Waals surface area contributed by atoms with Crippen molar-refractivity contribution >= 4 is 0 Å². The van der Waals surface area contributed by atoms with Crippen LogP contribution in [0.15, 0.2) is 18.2 Å². The molecule has 0 fully saturated rings. The molecule has 19 heavy (non-hydrogen) atoms. The van der Waals surface area contributed by atoms with Crippen LogP contribution in [0.3, 0.4) is 0 Å². The second-order valence-corrected chi connectivity index (χ2v) is 4.81. The van der Waals surface area contributed by atoms with Gasteiger partial charge in [0.2, 0.25) is 0 Å². The second kappa shape index (κ2) is 8.15. The Balaban J connectivity index is 2.79. The summed E-state index contributed by atoms with van der Waals surface area (Å²) >= 11 is 0. The number of aliphatic hydroxyl groups is 1. The summed E-state index contributed by atoms with van der Waals surface area (Å²) in [5.41, 5.74) is 2.24. The zero-order valence-electron chi connectivity index (χ0n) is 12.3. The molecule has 0 radical (unpaired) electrons. The predicted molar refractivity (Wildman–Crippen MR) is 76.4 cm³/mol. The Bertz CT molecular complexity index is 382. The van der Waals surface area contributed by atoms with Crippen molar-refractivity contribution in [2.24, 2.45) is 0 Å². The molecular weight excluding hydrogens is 242 g/mol. The molecule has 0 aliphatic carbocycles. The van der Waals surface area contributed by atoms with E-state index in [-0.39, 0.29) is 18.7 Å². The molecule has 0 aliphatic heterocycles. The highest BCUT2D eigenvalue weighted by Crippen LogP contribution is 2.24. The Morgan fingerprint density at radius 2 is 2.00 bits per heavy atom. The first-order valence-electron chi connectivity index (χ1n) is 6.65. The molecule has 4 heteroatoms. The highest BCUT2D eigenvalue weighted by molar-refractivity contribution is 5.38. The molecule has 4 nitrogen and oxygen atoms in total. The summed E-state index contributed by atoms with van der Waals surface area (Å²) in [4.78, 5) is 0. The Morgan fingerprint density at radius 1 is 1.26 bits per heavy atom. The summed E-state index contributed by atoms with van der Waals surface area (Å²) in [6.07, 6.45) is 0.755. The molecule has 2 N–H and O–H groups in total. The number of rotatable bonds is 8. The van der Waals surface area contributed by atoms with Gasteiger partial charge in [0, 0.05) is 31.4 Å². The van der Waals surface area contributed by atoms with Gasteiger partial charge in [-0.1, -0.05) is 6.07 Å². The third kappa shape index (κ3) is 4.82. The number of ether oxygens (including phenoxy) is 2. The summed E-state index contributed by atoms with van der Waals surface area (Å²) in [6, 6.07) is 6.64. The fourth-order valence-electron chi connectivity index (χ4n) is 2.14. The molecule has 0 spiro atoms. The predicted octanol–water partition coefficient (Wildman–Crippen LogP) is 2.26. The average molecular weight is 267 g/mol. The van der Waals surface area contributed by atoms with Crippen molar-refractivity contribution in [1.29, 1.82) is 0 Å². The summed E-state index contributed by atoms with van der Waals surface area (Å²) in [6.45, 7) is 4.94. The van der Waals surface area contributed by atoms with E-state index >= 15 is 0 Å². The fourth-order valence-corrected chi connectivity index (χ4v) is 2.14. The number of methoxy groups -OCH3 is 2. The maximum absolute atomic E-state index is 8.93. The van der Waals surface area contributed by atoms with Gasteiger partial charge < -0.3 is 19.9 Å². The largest absolute Gasteiger partial charge is 0.496 e. The van der Waals surface area contributed by atoms with E-state index in [0.717, 1.165) is 17.7 Å². The second-order valence-electron chi connectivity index (χ2n) is 4.81. The van der Waals surface area contributed by atoms with Gasteiger partial charge in [-0.2, -0.15) is 0 Å². The van der Waals surface area contributed by atoms with Crippen LogP contribution in [0, 0.1) is 0 Å². The molecule has 108 valence electrons. The molecule has 0 aromatic heterocycles. The molecule has 1 aromatic rings. The lowest BCUT2D eigenvalue weighted by atomic mass is 10.0. The molecule has 0 bridgehead atoms. The summed E-state index contributed by atoms with van der Waals surface area (Å²) in [7, 11) is 3.34. The van der Waals surface area contributed by atoms with Crippen molar-refractivity contribution in [1.82, 2.24) is 5.32 Å². The standard InChI is InChI=1S/C15H25NO3/c1-11(7-8-17)16-12(2)13-5-6-15(19-4)14(9-13)10-18-3/h5-6,9,11-12,16-17H,7-8,10H2,1-4H3. The summed E-state index contributed by atoms with van der Waals surface area (Å²) < 4.78 is 10.5. The van der Waals surface area contributed by atoms with Crippen LogP contribution in [0.1, 0.15) is 37.4 Å². The first-order chi connectivity index (χ1) is 9.12. The Labute approximate surface area is 115 Å². The molecule has 0 saturated carbocycles. The van der Waals surface area contributed by atoms with E-state index in [1.165, 1.54) is 5.56 Å². The van der Waals surface area contributed by atoms with Gasteiger partial charge in [0.05, 0.1) is 13.7 Å². The molecule has 0 amide bonds. The monoisotopic (exact) mass is 267 g/mol. The number of hydrogen-bond donors (Lipinski definition) is 2. The third-order valence-electron chi connectivity index (χ3n) is 3.20. The average Bonchev–Trinajstić information content (AvgIpc) is 2.39. The Hall–Kier alpha value is -1.10. The van der Waals surface area contributed by atoms with Crippen molar-refractivity contribution < 1.29 is 14.6 Å². The first kappa shape index (κ1) is 16.0. The van der Waals surface area contributed by atoms with Gasteiger partial charge in [0.1, 0.15) is 5.75 Å². The van der Waals surface area contributed by atoms with Crippen LogP contribution < -0.4 is 10.1 Å². The van der Waals surface area contributed by atoms with Crippen LogP contribution in [0.5, 0.6) is 5.75 Å². The minimum Gasteiger partial charge on any atom is -0.496 e.